The van der Waals surface area contributed by atoms with Crippen molar-refractivity contribution in [2.45, 2.75) is 39.4 Å². The van der Waals surface area contributed by atoms with Crippen LogP contribution in [0.4, 0.5) is 0 Å². The molecule has 0 spiro atoms. The van der Waals surface area contributed by atoms with E-state index in [-0.39, 0.29) is 23.9 Å². The third-order valence-electron chi connectivity index (χ3n) is 2.19. The van der Waals surface area contributed by atoms with E-state index < -0.39 is 0 Å². The van der Waals surface area contributed by atoms with Crippen LogP contribution in [0.5, 0.6) is 0 Å². The molecule has 0 amide bonds. The Morgan fingerprint density at radius 3 is 2.30 bits per heavy atom. The number of Topliss-reactive ketones (excluding diaryl/α,β-unsaturated/α-hetero) is 1. The molecule has 1 fully saturated rings. The summed E-state index contributed by atoms with van der Waals surface area (Å²) in [6, 6.07) is 0. The molecule has 1 saturated heterocycles. The van der Waals surface area contributed by atoms with Crippen LogP contribution in [0, 0.1) is 5.92 Å². The highest BCUT2D eigenvalue weighted by Crippen LogP contribution is 2.24. The van der Waals surface area contributed by atoms with E-state index >= 15 is 0 Å². The molecule has 0 saturated carbocycles. The molecule has 0 aromatic heterocycles. The van der Waals surface area contributed by atoms with Crippen molar-refractivity contribution in [3.63, 3.8) is 0 Å². The number of hydrogen-bond donors (Lipinski definition) is 0. The molecule has 1 aliphatic heterocycles. The minimum Gasteiger partial charge on any atom is -0.367 e. The summed E-state index contributed by atoms with van der Waals surface area (Å²) in [4.78, 5) is 11.1. The van der Waals surface area contributed by atoms with Crippen LogP contribution in [0.2, 0.25) is 0 Å². The van der Waals surface area contributed by atoms with Crippen LogP contribution in [0.3, 0.4) is 0 Å². The van der Waals surface area contributed by atoms with E-state index in [1.807, 2.05) is 20.8 Å². The van der Waals surface area contributed by atoms with E-state index in [1.54, 1.807) is 0 Å². The third kappa shape index (κ3) is 1.08. The Kier molecular flexibility index (Phi) is 2.09. The quantitative estimate of drug-likeness (QED) is 0.553. The second-order valence-corrected chi connectivity index (χ2v) is 2.92. The van der Waals surface area contributed by atoms with Crippen LogP contribution in [-0.4, -0.2) is 18.0 Å². The molecule has 0 aromatic carbocycles. The summed E-state index contributed by atoms with van der Waals surface area (Å²) in [5, 5.41) is 0. The zero-order chi connectivity index (χ0) is 7.72. The maximum atomic E-state index is 11.1. The molecule has 0 aliphatic carbocycles. The van der Waals surface area contributed by atoms with Crippen molar-refractivity contribution in [1.82, 2.24) is 0 Å². The Bertz CT molecular complexity index is 142. The van der Waals surface area contributed by atoms with Gasteiger partial charge < -0.3 is 4.74 Å². The number of ketones is 1. The molecule has 2 unspecified atom stereocenters. The van der Waals surface area contributed by atoms with E-state index in [2.05, 4.69) is 0 Å². The van der Waals surface area contributed by atoms with E-state index in [0.29, 0.717) is 0 Å². The predicted molar refractivity (Wildman–Crippen MR) is 38.8 cm³/mol. The van der Waals surface area contributed by atoms with Crippen LogP contribution < -0.4 is 0 Å². The van der Waals surface area contributed by atoms with Crippen molar-refractivity contribution >= 4 is 5.78 Å². The van der Waals surface area contributed by atoms with Crippen molar-refractivity contribution in [2.75, 3.05) is 0 Å². The molecule has 58 valence electrons. The molecule has 0 N–H and O–H groups in total. The predicted octanol–water partition coefficient (Wildman–Crippen LogP) is 1.39. The number of carbonyl (C=O) groups is 1. The highest BCUT2D eigenvalue weighted by atomic mass is 16.5. The van der Waals surface area contributed by atoms with E-state index in [1.165, 1.54) is 0 Å². The summed E-state index contributed by atoms with van der Waals surface area (Å²) in [5.74, 6) is 0.367. The van der Waals surface area contributed by atoms with Gasteiger partial charge in [-0.25, -0.2) is 0 Å². The maximum Gasteiger partial charge on any atom is 0.166 e. The lowest BCUT2D eigenvalue weighted by Crippen LogP contribution is -2.16. The topological polar surface area (TPSA) is 26.3 Å². The zero-order valence-corrected chi connectivity index (χ0v) is 6.76. The lowest BCUT2D eigenvalue weighted by molar-refractivity contribution is -0.123. The lowest BCUT2D eigenvalue weighted by atomic mass is 9.99. The second kappa shape index (κ2) is 2.70. The molecule has 1 rings (SSSR count). The molecule has 2 nitrogen and oxygen atoms in total. The van der Waals surface area contributed by atoms with Gasteiger partial charge in [0.1, 0.15) is 6.10 Å². The SMILES string of the molecule is CC[C@H]1OC(C)C(=O)C1C. The first-order valence-electron chi connectivity index (χ1n) is 3.86. The van der Waals surface area contributed by atoms with Crippen molar-refractivity contribution in [3.8, 4) is 0 Å². The van der Waals surface area contributed by atoms with Crippen LogP contribution in [0.25, 0.3) is 0 Å². The van der Waals surface area contributed by atoms with Gasteiger partial charge in [0.25, 0.3) is 0 Å². The van der Waals surface area contributed by atoms with Crippen LogP contribution in [-0.2, 0) is 9.53 Å². The van der Waals surface area contributed by atoms with Gasteiger partial charge in [-0.15, -0.1) is 0 Å². The standard InChI is InChI=1S/C8H14O2/c1-4-7-5(2)8(9)6(3)10-7/h5-7H,4H2,1-3H3/t5?,6?,7-/m1/s1. The van der Waals surface area contributed by atoms with Gasteiger partial charge in [-0.2, -0.15) is 0 Å². The Hall–Kier alpha value is -0.370. The normalized spacial score (nSPS) is 40.7. The Labute approximate surface area is 61.6 Å². The first kappa shape index (κ1) is 7.73. The highest BCUT2D eigenvalue weighted by Gasteiger charge is 2.36. The fraction of sp³-hybridized carbons (Fsp3) is 0.875. The van der Waals surface area contributed by atoms with Gasteiger partial charge in [0, 0.05) is 5.92 Å². The van der Waals surface area contributed by atoms with Crippen molar-refractivity contribution in [1.29, 1.82) is 0 Å². The van der Waals surface area contributed by atoms with Crippen molar-refractivity contribution in [3.05, 3.63) is 0 Å². The average Bonchev–Trinajstić information content (AvgIpc) is 2.17. The van der Waals surface area contributed by atoms with Gasteiger partial charge in [-0.1, -0.05) is 13.8 Å². The van der Waals surface area contributed by atoms with Gasteiger partial charge in [0.15, 0.2) is 5.78 Å². The fourth-order valence-corrected chi connectivity index (χ4v) is 1.45. The number of carbonyl (C=O) groups excluding carboxylic acids is 1. The van der Waals surface area contributed by atoms with Crippen LogP contribution in [0.15, 0.2) is 0 Å². The summed E-state index contributed by atoms with van der Waals surface area (Å²) >= 11 is 0. The molecule has 0 radical (unpaired) electrons. The molecular formula is C8H14O2. The van der Waals surface area contributed by atoms with Gasteiger partial charge in [0.05, 0.1) is 6.10 Å². The number of ether oxygens (including phenoxy) is 1. The number of rotatable bonds is 1. The summed E-state index contributed by atoms with van der Waals surface area (Å²) < 4.78 is 5.39. The smallest absolute Gasteiger partial charge is 0.166 e. The highest BCUT2D eigenvalue weighted by molar-refractivity contribution is 5.86. The molecule has 1 heterocycles. The molecular weight excluding hydrogens is 128 g/mol. The molecule has 10 heavy (non-hydrogen) atoms. The van der Waals surface area contributed by atoms with E-state index in [9.17, 15) is 4.79 Å². The van der Waals surface area contributed by atoms with Crippen LogP contribution >= 0.6 is 0 Å². The van der Waals surface area contributed by atoms with Gasteiger partial charge in [-0.3, -0.25) is 4.79 Å². The minimum absolute atomic E-state index is 0.111. The van der Waals surface area contributed by atoms with Gasteiger partial charge in [-0.05, 0) is 13.3 Å². The van der Waals surface area contributed by atoms with Crippen molar-refractivity contribution in [2.24, 2.45) is 5.92 Å². The van der Waals surface area contributed by atoms with E-state index in [0.717, 1.165) is 6.42 Å². The first-order chi connectivity index (χ1) is 4.66. The second-order valence-electron chi connectivity index (χ2n) is 2.92. The third-order valence-corrected chi connectivity index (χ3v) is 2.19. The molecule has 0 bridgehead atoms. The molecule has 2 heteroatoms. The Balaban J connectivity index is 2.61. The summed E-state index contributed by atoms with van der Waals surface area (Å²) in [5.41, 5.74) is 0. The summed E-state index contributed by atoms with van der Waals surface area (Å²) in [7, 11) is 0. The number of hydrogen-bond acceptors (Lipinski definition) is 2. The van der Waals surface area contributed by atoms with Crippen LogP contribution in [0.1, 0.15) is 27.2 Å². The molecule has 1 aliphatic rings. The summed E-state index contributed by atoms with van der Waals surface area (Å²) in [6.45, 7) is 5.82. The van der Waals surface area contributed by atoms with Crippen molar-refractivity contribution < 1.29 is 9.53 Å². The molecule has 0 aromatic rings. The monoisotopic (exact) mass is 142 g/mol. The lowest BCUT2D eigenvalue weighted by Gasteiger charge is -2.08. The van der Waals surface area contributed by atoms with E-state index in [4.69, 9.17) is 4.74 Å². The average molecular weight is 142 g/mol. The maximum absolute atomic E-state index is 11.1. The zero-order valence-electron chi connectivity index (χ0n) is 6.76. The fourth-order valence-electron chi connectivity index (χ4n) is 1.45. The van der Waals surface area contributed by atoms with Gasteiger partial charge >= 0.3 is 0 Å². The van der Waals surface area contributed by atoms with Gasteiger partial charge in [0.2, 0.25) is 0 Å². The largest absolute Gasteiger partial charge is 0.367 e. The summed E-state index contributed by atoms with van der Waals surface area (Å²) in [6.07, 6.45) is 0.944. The Morgan fingerprint density at radius 2 is 2.10 bits per heavy atom. The Morgan fingerprint density at radius 1 is 1.50 bits per heavy atom. The molecule has 3 atom stereocenters. The first-order valence-corrected chi connectivity index (χ1v) is 3.86. The minimum atomic E-state index is -0.167.